The van der Waals surface area contributed by atoms with Crippen molar-refractivity contribution < 1.29 is 14.3 Å². The minimum Gasteiger partial charge on any atom is -0.496 e. The fourth-order valence-electron chi connectivity index (χ4n) is 2.78. The number of rotatable bonds is 6. The molecule has 0 aliphatic rings. The van der Waals surface area contributed by atoms with Crippen molar-refractivity contribution >= 4 is 17.5 Å². The minimum absolute atomic E-state index is 0.00953. The van der Waals surface area contributed by atoms with Crippen molar-refractivity contribution in [2.75, 3.05) is 26.0 Å². The lowest BCUT2D eigenvalue weighted by molar-refractivity contribution is -0.132. The molecule has 0 aromatic heterocycles. The number of amides is 2. The van der Waals surface area contributed by atoms with Gasteiger partial charge in [0.2, 0.25) is 11.8 Å². The lowest BCUT2D eigenvalue weighted by Crippen LogP contribution is -2.36. The summed E-state index contributed by atoms with van der Waals surface area (Å²) in [5, 5.41) is 2.90. The Bertz CT molecular complexity index is 795. The van der Waals surface area contributed by atoms with Crippen molar-refractivity contribution in [1.82, 2.24) is 4.90 Å². The SMILES string of the molecule is COc1cc(CC(=O)N(C)CC(=O)Nc2c(C)cccc2C)ccc1C. The number of nitrogens with zero attached hydrogens (tertiary/aromatic N) is 1. The van der Waals surface area contributed by atoms with E-state index in [1.807, 2.05) is 57.2 Å². The molecule has 5 nitrogen and oxygen atoms in total. The largest absolute Gasteiger partial charge is 0.496 e. The number of carbonyl (C=O) groups is 2. The van der Waals surface area contributed by atoms with Crippen molar-refractivity contribution in [3.8, 4) is 5.75 Å². The molecule has 0 bridgehead atoms. The second kappa shape index (κ2) is 8.52. The second-order valence-corrected chi connectivity index (χ2v) is 6.55. The van der Waals surface area contributed by atoms with E-state index in [1.165, 1.54) is 4.90 Å². The van der Waals surface area contributed by atoms with Crippen LogP contribution in [0.25, 0.3) is 0 Å². The standard InChI is InChI=1S/C21H26N2O3/c1-14-9-10-17(11-18(14)26-5)12-20(25)23(4)13-19(24)22-21-15(2)7-6-8-16(21)3/h6-11H,12-13H2,1-5H3,(H,22,24). The van der Waals surface area contributed by atoms with Crippen LogP contribution in [0, 0.1) is 20.8 Å². The van der Waals surface area contributed by atoms with Gasteiger partial charge in [0.05, 0.1) is 20.1 Å². The van der Waals surface area contributed by atoms with Crippen molar-refractivity contribution in [3.63, 3.8) is 0 Å². The van der Waals surface area contributed by atoms with Crippen molar-refractivity contribution in [1.29, 1.82) is 0 Å². The Balaban J connectivity index is 1.97. The first kappa shape index (κ1) is 19.5. The maximum absolute atomic E-state index is 12.4. The highest BCUT2D eigenvalue weighted by atomic mass is 16.5. The number of methoxy groups -OCH3 is 1. The summed E-state index contributed by atoms with van der Waals surface area (Å²) >= 11 is 0. The number of hydrogen-bond acceptors (Lipinski definition) is 3. The average molecular weight is 354 g/mol. The van der Waals surface area contributed by atoms with E-state index in [9.17, 15) is 9.59 Å². The van der Waals surface area contributed by atoms with Crippen LogP contribution in [0.3, 0.4) is 0 Å². The Hall–Kier alpha value is -2.82. The van der Waals surface area contributed by atoms with Crippen molar-refractivity contribution in [2.45, 2.75) is 27.2 Å². The molecule has 0 atom stereocenters. The Morgan fingerprint density at radius 2 is 1.69 bits per heavy atom. The molecule has 0 fully saturated rings. The first-order chi connectivity index (χ1) is 12.3. The molecule has 2 amide bonds. The van der Waals surface area contributed by atoms with Gasteiger partial charge in [-0.2, -0.15) is 0 Å². The van der Waals surface area contributed by atoms with Gasteiger partial charge in [-0.25, -0.2) is 0 Å². The first-order valence-electron chi connectivity index (χ1n) is 8.55. The molecule has 0 unspecified atom stereocenters. The topological polar surface area (TPSA) is 58.6 Å². The second-order valence-electron chi connectivity index (χ2n) is 6.55. The molecule has 2 rings (SSSR count). The number of para-hydroxylation sites is 1. The Labute approximate surface area is 155 Å². The molecule has 0 heterocycles. The number of ether oxygens (including phenoxy) is 1. The van der Waals surface area contributed by atoms with Gasteiger partial charge in [0, 0.05) is 12.7 Å². The van der Waals surface area contributed by atoms with Crippen molar-refractivity contribution in [2.24, 2.45) is 0 Å². The third kappa shape index (κ3) is 4.85. The predicted molar refractivity (Wildman–Crippen MR) is 104 cm³/mol. The highest BCUT2D eigenvalue weighted by Crippen LogP contribution is 2.20. The number of nitrogens with one attached hydrogen (secondary N) is 1. The number of benzene rings is 2. The molecule has 26 heavy (non-hydrogen) atoms. The van der Waals surface area contributed by atoms with Crippen LogP contribution in [0.15, 0.2) is 36.4 Å². The zero-order chi connectivity index (χ0) is 19.3. The lowest BCUT2D eigenvalue weighted by Gasteiger charge is -2.18. The van der Waals surface area contributed by atoms with Gasteiger partial charge in [-0.15, -0.1) is 0 Å². The Morgan fingerprint density at radius 1 is 1.04 bits per heavy atom. The molecule has 0 radical (unpaired) electrons. The zero-order valence-electron chi connectivity index (χ0n) is 16.1. The van der Waals surface area contributed by atoms with Crippen LogP contribution < -0.4 is 10.1 Å². The lowest BCUT2D eigenvalue weighted by atomic mass is 10.1. The Morgan fingerprint density at radius 3 is 2.31 bits per heavy atom. The van der Waals surface area contributed by atoms with Gasteiger partial charge in [0.25, 0.3) is 0 Å². The summed E-state index contributed by atoms with van der Waals surface area (Å²) in [7, 11) is 3.25. The molecular formula is C21H26N2O3. The number of hydrogen-bond donors (Lipinski definition) is 1. The number of aryl methyl sites for hydroxylation is 3. The highest BCUT2D eigenvalue weighted by molar-refractivity contribution is 5.95. The van der Waals surface area contributed by atoms with Gasteiger partial charge in [0.15, 0.2) is 0 Å². The molecule has 0 aliphatic heterocycles. The van der Waals surface area contributed by atoms with E-state index < -0.39 is 0 Å². The van der Waals surface area contributed by atoms with Gasteiger partial charge < -0.3 is 15.0 Å². The third-order valence-corrected chi connectivity index (χ3v) is 4.38. The van der Waals surface area contributed by atoms with Gasteiger partial charge >= 0.3 is 0 Å². The van der Waals surface area contributed by atoms with Gasteiger partial charge in [-0.1, -0.05) is 30.3 Å². The van der Waals surface area contributed by atoms with Crippen LogP contribution >= 0.6 is 0 Å². The van der Waals surface area contributed by atoms with E-state index in [0.717, 1.165) is 33.7 Å². The zero-order valence-corrected chi connectivity index (χ0v) is 16.1. The molecule has 138 valence electrons. The maximum atomic E-state index is 12.4. The number of carbonyl (C=O) groups excluding carboxylic acids is 2. The first-order valence-corrected chi connectivity index (χ1v) is 8.55. The Kier molecular flexibility index (Phi) is 6.39. The van der Waals surface area contributed by atoms with E-state index in [4.69, 9.17) is 4.74 Å². The fourth-order valence-corrected chi connectivity index (χ4v) is 2.78. The van der Waals surface area contributed by atoms with Gasteiger partial charge in [0.1, 0.15) is 5.75 Å². The molecule has 1 N–H and O–H groups in total. The summed E-state index contributed by atoms with van der Waals surface area (Å²) in [6, 6.07) is 11.5. The van der Waals surface area contributed by atoms with Crippen LogP contribution in [0.1, 0.15) is 22.3 Å². The summed E-state index contributed by atoms with van der Waals surface area (Å²) in [6.07, 6.45) is 0.226. The fraction of sp³-hybridized carbons (Fsp3) is 0.333. The molecule has 0 spiro atoms. The summed E-state index contributed by atoms with van der Waals surface area (Å²) in [5.41, 5.74) is 4.68. The molecule has 0 saturated heterocycles. The molecule has 2 aromatic carbocycles. The molecule has 5 heteroatoms. The smallest absolute Gasteiger partial charge is 0.243 e. The maximum Gasteiger partial charge on any atom is 0.243 e. The van der Waals surface area contributed by atoms with Crippen LogP contribution in [-0.2, 0) is 16.0 Å². The van der Waals surface area contributed by atoms with Crippen LogP contribution in [0.4, 0.5) is 5.69 Å². The van der Waals surface area contributed by atoms with E-state index in [1.54, 1.807) is 14.2 Å². The monoisotopic (exact) mass is 354 g/mol. The number of likely N-dealkylation sites (N-methyl/N-ethyl adjacent to an activating group) is 1. The highest BCUT2D eigenvalue weighted by Gasteiger charge is 2.15. The van der Waals surface area contributed by atoms with Crippen LogP contribution in [0.5, 0.6) is 5.75 Å². The molecule has 2 aromatic rings. The summed E-state index contributed by atoms with van der Waals surface area (Å²) < 4.78 is 5.29. The van der Waals surface area contributed by atoms with Crippen molar-refractivity contribution in [3.05, 3.63) is 58.7 Å². The molecular weight excluding hydrogens is 328 g/mol. The quantitative estimate of drug-likeness (QED) is 0.866. The summed E-state index contributed by atoms with van der Waals surface area (Å²) in [4.78, 5) is 26.2. The van der Waals surface area contributed by atoms with Gasteiger partial charge in [-0.05, 0) is 49.1 Å². The van der Waals surface area contributed by atoms with E-state index in [2.05, 4.69) is 5.32 Å². The predicted octanol–water partition coefficient (Wildman–Crippen LogP) is 3.26. The van der Waals surface area contributed by atoms with E-state index in [-0.39, 0.29) is 24.8 Å². The third-order valence-electron chi connectivity index (χ3n) is 4.38. The normalized spacial score (nSPS) is 10.3. The van der Waals surface area contributed by atoms with E-state index in [0.29, 0.717) is 0 Å². The molecule has 0 saturated carbocycles. The molecule has 0 aliphatic carbocycles. The summed E-state index contributed by atoms with van der Waals surface area (Å²) in [5.74, 6) is 0.429. The minimum atomic E-state index is -0.209. The average Bonchev–Trinajstić information content (AvgIpc) is 2.59. The van der Waals surface area contributed by atoms with Crippen LogP contribution in [-0.4, -0.2) is 37.4 Å². The van der Waals surface area contributed by atoms with E-state index >= 15 is 0 Å². The number of anilines is 1. The van der Waals surface area contributed by atoms with Crippen LogP contribution in [0.2, 0.25) is 0 Å². The summed E-state index contributed by atoms with van der Waals surface area (Å²) in [6.45, 7) is 5.86. The van der Waals surface area contributed by atoms with Gasteiger partial charge in [-0.3, -0.25) is 9.59 Å².